The predicted octanol–water partition coefficient (Wildman–Crippen LogP) is 2.17. The Bertz CT molecular complexity index is 577. The van der Waals surface area contributed by atoms with E-state index in [9.17, 15) is 9.18 Å². The molecule has 1 aromatic carbocycles. The standard InChI is InChI=1S/C12H10FNO2S/c13-8-1-2-10-7(3-8)4-11(17-10)12(15)14-9-5-16-6-9/h1-4,9H,5-6H2,(H,14,15). The van der Waals surface area contributed by atoms with Crippen LogP contribution in [-0.2, 0) is 4.74 Å². The molecule has 1 amide bonds. The molecule has 1 aliphatic heterocycles. The van der Waals surface area contributed by atoms with Crippen LogP contribution in [0.15, 0.2) is 24.3 Å². The highest BCUT2D eigenvalue weighted by Crippen LogP contribution is 2.26. The SMILES string of the molecule is O=C(NC1COC1)c1cc2cc(F)ccc2s1. The Morgan fingerprint density at radius 3 is 2.94 bits per heavy atom. The van der Waals surface area contributed by atoms with Crippen molar-refractivity contribution in [3.05, 3.63) is 35.0 Å². The zero-order valence-corrected chi connectivity index (χ0v) is 9.72. The molecule has 1 N–H and O–H groups in total. The average Bonchev–Trinajstić information content (AvgIpc) is 2.65. The first-order chi connectivity index (χ1) is 8.22. The Morgan fingerprint density at radius 2 is 2.24 bits per heavy atom. The van der Waals surface area contributed by atoms with Crippen LogP contribution in [-0.4, -0.2) is 25.2 Å². The van der Waals surface area contributed by atoms with E-state index in [0.29, 0.717) is 18.1 Å². The minimum absolute atomic E-state index is 0.111. The Morgan fingerprint density at radius 1 is 1.41 bits per heavy atom. The Kier molecular flexibility index (Phi) is 2.57. The summed E-state index contributed by atoms with van der Waals surface area (Å²) in [6, 6.07) is 6.37. The molecular weight excluding hydrogens is 241 g/mol. The molecule has 2 heterocycles. The minimum atomic E-state index is -0.283. The van der Waals surface area contributed by atoms with Crippen LogP contribution >= 0.6 is 11.3 Å². The molecule has 1 aliphatic rings. The highest BCUT2D eigenvalue weighted by Gasteiger charge is 2.21. The zero-order chi connectivity index (χ0) is 11.8. The van der Waals surface area contributed by atoms with Crippen molar-refractivity contribution in [3.63, 3.8) is 0 Å². The summed E-state index contributed by atoms with van der Waals surface area (Å²) in [4.78, 5) is 12.5. The Labute approximate surface area is 101 Å². The van der Waals surface area contributed by atoms with Crippen molar-refractivity contribution in [3.8, 4) is 0 Å². The fraction of sp³-hybridized carbons (Fsp3) is 0.250. The van der Waals surface area contributed by atoms with E-state index < -0.39 is 0 Å². The maximum absolute atomic E-state index is 13.0. The lowest BCUT2D eigenvalue weighted by Gasteiger charge is -2.26. The number of hydrogen-bond acceptors (Lipinski definition) is 3. The number of amides is 1. The molecule has 3 rings (SSSR count). The van der Waals surface area contributed by atoms with Crippen molar-refractivity contribution in [2.45, 2.75) is 6.04 Å². The molecule has 1 aromatic heterocycles. The summed E-state index contributed by atoms with van der Waals surface area (Å²) in [5.74, 6) is -0.394. The monoisotopic (exact) mass is 251 g/mol. The number of carbonyl (C=O) groups is 1. The summed E-state index contributed by atoms with van der Waals surface area (Å²) >= 11 is 1.37. The number of ether oxygens (including phenoxy) is 1. The summed E-state index contributed by atoms with van der Waals surface area (Å²) in [7, 11) is 0. The second-order valence-corrected chi connectivity index (χ2v) is 5.08. The van der Waals surface area contributed by atoms with Crippen molar-refractivity contribution in [1.82, 2.24) is 5.32 Å². The van der Waals surface area contributed by atoms with Crippen LogP contribution in [0.5, 0.6) is 0 Å². The number of nitrogens with one attached hydrogen (secondary N) is 1. The topological polar surface area (TPSA) is 38.3 Å². The van der Waals surface area contributed by atoms with Crippen LogP contribution in [0, 0.1) is 5.82 Å². The maximum Gasteiger partial charge on any atom is 0.261 e. The molecule has 2 aromatic rings. The molecule has 17 heavy (non-hydrogen) atoms. The lowest BCUT2D eigenvalue weighted by molar-refractivity contribution is -0.00338. The molecule has 88 valence electrons. The molecule has 0 radical (unpaired) electrons. The van der Waals surface area contributed by atoms with E-state index in [1.165, 1.54) is 23.5 Å². The van der Waals surface area contributed by atoms with Crippen LogP contribution in [0.1, 0.15) is 9.67 Å². The zero-order valence-electron chi connectivity index (χ0n) is 8.90. The normalized spacial score (nSPS) is 15.8. The van der Waals surface area contributed by atoms with Gasteiger partial charge in [-0.1, -0.05) is 0 Å². The second-order valence-electron chi connectivity index (χ2n) is 4.00. The van der Waals surface area contributed by atoms with Gasteiger partial charge in [0.05, 0.1) is 24.1 Å². The highest BCUT2D eigenvalue weighted by molar-refractivity contribution is 7.20. The molecule has 0 spiro atoms. The van der Waals surface area contributed by atoms with Crippen LogP contribution in [0.3, 0.4) is 0 Å². The lowest BCUT2D eigenvalue weighted by atomic mass is 10.2. The maximum atomic E-state index is 13.0. The van der Waals surface area contributed by atoms with E-state index in [1.54, 1.807) is 12.1 Å². The van der Waals surface area contributed by atoms with Gasteiger partial charge >= 0.3 is 0 Å². The van der Waals surface area contributed by atoms with Gasteiger partial charge in [0.15, 0.2) is 0 Å². The molecule has 1 fully saturated rings. The first kappa shape index (κ1) is 10.7. The van der Waals surface area contributed by atoms with Crippen LogP contribution < -0.4 is 5.32 Å². The van der Waals surface area contributed by atoms with Crippen LogP contribution in [0.2, 0.25) is 0 Å². The third kappa shape index (κ3) is 2.03. The fourth-order valence-electron chi connectivity index (χ4n) is 1.70. The van der Waals surface area contributed by atoms with Crippen molar-refractivity contribution >= 4 is 27.3 Å². The molecule has 0 aliphatic carbocycles. The molecule has 0 saturated carbocycles. The highest BCUT2D eigenvalue weighted by atomic mass is 32.1. The van der Waals surface area contributed by atoms with E-state index >= 15 is 0 Å². The van der Waals surface area contributed by atoms with Gasteiger partial charge in [0, 0.05) is 4.70 Å². The van der Waals surface area contributed by atoms with Gasteiger partial charge in [0.25, 0.3) is 5.91 Å². The summed E-state index contributed by atoms with van der Waals surface area (Å²) in [6.45, 7) is 1.15. The molecule has 3 nitrogen and oxygen atoms in total. The van der Waals surface area contributed by atoms with E-state index in [-0.39, 0.29) is 17.8 Å². The summed E-state index contributed by atoms with van der Waals surface area (Å²) < 4.78 is 18.9. The number of fused-ring (bicyclic) bond motifs is 1. The third-order valence-electron chi connectivity index (χ3n) is 2.68. The summed E-state index contributed by atoms with van der Waals surface area (Å²) in [6.07, 6.45) is 0. The molecule has 0 unspecified atom stereocenters. The van der Waals surface area contributed by atoms with Gasteiger partial charge in [-0.3, -0.25) is 4.79 Å². The van der Waals surface area contributed by atoms with Gasteiger partial charge in [0.2, 0.25) is 0 Å². The van der Waals surface area contributed by atoms with Gasteiger partial charge in [0.1, 0.15) is 5.82 Å². The first-order valence-corrected chi connectivity index (χ1v) is 6.12. The Balaban J connectivity index is 1.86. The van der Waals surface area contributed by atoms with Gasteiger partial charge < -0.3 is 10.1 Å². The van der Waals surface area contributed by atoms with Crippen molar-refractivity contribution in [2.24, 2.45) is 0 Å². The van der Waals surface area contributed by atoms with Gasteiger partial charge in [-0.05, 0) is 29.7 Å². The van der Waals surface area contributed by atoms with E-state index in [4.69, 9.17) is 4.74 Å². The number of rotatable bonds is 2. The lowest BCUT2D eigenvalue weighted by Crippen LogP contribution is -2.48. The van der Waals surface area contributed by atoms with Crippen molar-refractivity contribution in [1.29, 1.82) is 0 Å². The van der Waals surface area contributed by atoms with E-state index in [1.807, 2.05) is 0 Å². The second kappa shape index (κ2) is 4.09. The molecular formula is C12H10FNO2S. The van der Waals surface area contributed by atoms with Gasteiger partial charge in [-0.2, -0.15) is 0 Å². The van der Waals surface area contributed by atoms with E-state index in [2.05, 4.69) is 5.32 Å². The quantitative estimate of drug-likeness (QED) is 0.888. The average molecular weight is 251 g/mol. The van der Waals surface area contributed by atoms with Crippen molar-refractivity contribution in [2.75, 3.05) is 13.2 Å². The summed E-state index contributed by atoms with van der Waals surface area (Å²) in [5, 5.41) is 3.63. The molecule has 1 saturated heterocycles. The van der Waals surface area contributed by atoms with Crippen LogP contribution in [0.25, 0.3) is 10.1 Å². The molecule has 5 heteroatoms. The Hall–Kier alpha value is -1.46. The fourth-order valence-corrected chi connectivity index (χ4v) is 2.65. The summed E-state index contributed by atoms with van der Waals surface area (Å²) in [5.41, 5.74) is 0. The minimum Gasteiger partial charge on any atom is -0.377 e. The van der Waals surface area contributed by atoms with E-state index in [0.717, 1.165) is 10.1 Å². The predicted molar refractivity (Wildman–Crippen MR) is 63.9 cm³/mol. The third-order valence-corrected chi connectivity index (χ3v) is 3.79. The van der Waals surface area contributed by atoms with Crippen LogP contribution in [0.4, 0.5) is 4.39 Å². The number of hydrogen-bond donors (Lipinski definition) is 1. The first-order valence-electron chi connectivity index (χ1n) is 5.30. The largest absolute Gasteiger partial charge is 0.377 e. The van der Waals surface area contributed by atoms with Gasteiger partial charge in [-0.25, -0.2) is 4.39 Å². The smallest absolute Gasteiger partial charge is 0.261 e. The number of thiophene rings is 1. The number of benzene rings is 1. The number of carbonyl (C=O) groups excluding carboxylic acids is 1. The van der Waals surface area contributed by atoms with Gasteiger partial charge in [-0.15, -0.1) is 11.3 Å². The number of halogens is 1. The van der Waals surface area contributed by atoms with Crippen molar-refractivity contribution < 1.29 is 13.9 Å². The molecule has 0 bridgehead atoms. The molecule has 0 atom stereocenters.